The molecule has 3 aromatic rings. The van der Waals surface area contributed by atoms with Crippen LogP contribution in [0.4, 0.5) is 5.69 Å². The summed E-state index contributed by atoms with van der Waals surface area (Å²) >= 11 is 4.75. The first kappa shape index (κ1) is 17.8. The fraction of sp³-hybridized carbons (Fsp3) is 0.105. The summed E-state index contributed by atoms with van der Waals surface area (Å²) in [4.78, 5) is 31.4. The predicted octanol–water partition coefficient (Wildman–Crippen LogP) is 4.15. The zero-order valence-electron chi connectivity index (χ0n) is 14.0. The van der Waals surface area contributed by atoms with Crippen LogP contribution < -0.4 is 10.1 Å². The average molecular weight is 444 g/mol. The van der Waals surface area contributed by atoms with Crippen LogP contribution in [0.25, 0.3) is 11.3 Å². The lowest BCUT2D eigenvalue weighted by atomic mass is 10.1. The van der Waals surface area contributed by atoms with Crippen molar-refractivity contribution in [3.05, 3.63) is 58.7 Å². The van der Waals surface area contributed by atoms with Crippen molar-refractivity contribution < 1.29 is 14.3 Å². The molecule has 0 saturated carbocycles. The zero-order chi connectivity index (χ0) is 18.8. The SMILES string of the molecule is O=C1COc2ccc(C(=O)CSc3ncc(-c4ccc(Br)cc4)[nH]3)cc2N1. The van der Waals surface area contributed by atoms with Gasteiger partial charge >= 0.3 is 0 Å². The summed E-state index contributed by atoms with van der Waals surface area (Å²) in [6.07, 6.45) is 1.75. The first-order valence-corrected chi connectivity index (χ1v) is 9.90. The fourth-order valence-corrected chi connectivity index (χ4v) is 3.63. The maximum Gasteiger partial charge on any atom is 0.262 e. The second kappa shape index (κ2) is 7.58. The molecular formula is C19H14BrN3O3S. The van der Waals surface area contributed by atoms with Crippen molar-refractivity contribution in [2.75, 3.05) is 17.7 Å². The molecule has 0 unspecified atom stereocenters. The summed E-state index contributed by atoms with van der Waals surface area (Å²) in [6, 6.07) is 12.9. The molecule has 0 aliphatic carbocycles. The van der Waals surface area contributed by atoms with Gasteiger partial charge < -0.3 is 15.0 Å². The molecule has 1 amide bonds. The molecule has 0 saturated heterocycles. The van der Waals surface area contributed by atoms with Gasteiger partial charge in [-0.3, -0.25) is 9.59 Å². The van der Waals surface area contributed by atoms with Gasteiger partial charge in [-0.2, -0.15) is 0 Å². The topological polar surface area (TPSA) is 84.1 Å². The van der Waals surface area contributed by atoms with Gasteiger partial charge in [0.15, 0.2) is 17.5 Å². The first-order valence-electron chi connectivity index (χ1n) is 8.12. The van der Waals surface area contributed by atoms with Crippen molar-refractivity contribution in [1.82, 2.24) is 9.97 Å². The molecule has 2 heterocycles. The Bertz CT molecular complexity index is 1020. The van der Waals surface area contributed by atoms with E-state index in [1.54, 1.807) is 24.4 Å². The number of halogens is 1. The normalized spacial score (nSPS) is 12.9. The Kier molecular flexibility index (Phi) is 5.00. The summed E-state index contributed by atoms with van der Waals surface area (Å²) in [7, 11) is 0. The fourth-order valence-electron chi connectivity index (χ4n) is 2.63. The van der Waals surface area contributed by atoms with E-state index in [2.05, 4.69) is 31.2 Å². The lowest BCUT2D eigenvalue weighted by Crippen LogP contribution is -2.25. The van der Waals surface area contributed by atoms with Crippen LogP contribution in [0.1, 0.15) is 10.4 Å². The quantitative estimate of drug-likeness (QED) is 0.457. The van der Waals surface area contributed by atoms with E-state index >= 15 is 0 Å². The molecule has 2 N–H and O–H groups in total. The number of anilines is 1. The number of hydrogen-bond donors (Lipinski definition) is 2. The molecule has 1 aliphatic rings. The number of imidazole rings is 1. The summed E-state index contributed by atoms with van der Waals surface area (Å²) < 4.78 is 6.32. The molecule has 2 aromatic carbocycles. The van der Waals surface area contributed by atoms with Crippen LogP contribution in [0.15, 0.2) is 58.3 Å². The van der Waals surface area contributed by atoms with E-state index in [-0.39, 0.29) is 24.1 Å². The van der Waals surface area contributed by atoms with Gasteiger partial charge in [-0.1, -0.05) is 39.8 Å². The van der Waals surface area contributed by atoms with Crippen LogP contribution in [0, 0.1) is 0 Å². The van der Waals surface area contributed by atoms with E-state index in [0.29, 0.717) is 22.2 Å². The molecule has 0 radical (unpaired) electrons. The highest BCUT2D eigenvalue weighted by molar-refractivity contribution is 9.10. The molecular weight excluding hydrogens is 430 g/mol. The molecule has 136 valence electrons. The monoisotopic (exact) mass is 443 g/mol. The number of aromatic amines is 1. The molecule has 0 bridgehead atoms. The van der Waals surface area contributed by atoms with E-state index in [4.69, 9.17) is 4.74 Å². The van der Waals surface area contributed by atoms with Crippen molar-refractivity contribution >= 4 is 45.1 Å². The van der Waals surface area contributed by atoms with Gasteiger partial charge in [0.2, 0.25) is 0 Å². The van der Waals surface area contributed by atoms with Crippen molar-refractivity contribution in [2.24, 2.45) is 0 Å². The third-order valence-electron chi connectivity index (χ3n) is 3.98. The lowest BCUT2D eigenvalue weighted by molar-refractivity contribution is -0.118. The Balaban J connectivity index is 1.42. The molecule has 0 fully saturated rings. The van der Waals surface area contributed by atoms with Gasteiger partial charge in [0.1, 0.15) is 5.75 Å². The summed E-state index contributed by atoms with van der Waals surface area (Å²) in [5, 5.41) is 3.39. The zero-order valence-corrected chi connectivity index (χ0v) is 16.4. The van der Waals surface area contributed by atoms with Crippen molar-refractivity contribution in [2.45, 2.75) is 5.16 Å². The van der Waals surface area contributed by atoms with E-state index in [1.165, 1.54) is 11.8 Å². The second-order valence-corrected chi connectivity index (χ2v) is 7.75. The summed E-state index contributed by atoms with van der Waals surface area (Å²) in [5.41, 5.74) is 2.96. The summed E-state index contributed by atoms with van der Waals surface area (Å²) in [6.45, 7) is -0.00462. The minimum Gasteiger partial charge on any atom is -0.482 e. The number of nitrogens with one attached hydrogen (secondary N) is 2. The Labute approximate surface area is 167 Å². The number of carbonyl (C=O) groups excluding carboxylic acids is 2. The molecule has 4 rings (SSSR count). The molecule has 0 atom stereocenters. The minimum absolute atomic E-state index is 0.00462. The molecule has 6 nitrogen and oxygen atoms in total. The van der Waals surface area contributed by atoms with Crippen LogP contribution >= 0.6 is 27.7 Å². The highest BCUT2D eigenvalue weighted by atomic mass is 79.9. The van der Waals surface area contributed by atoms with Gasteiger partial charge in [-0.25, -0.2) is 4.98 Å². The van der Waals surface area contributed by atoms with E-state index in [0.717, 1.165) is 15.7 Å². The number of amides is 1. The minimum atomic E-state index is -0.225. The number of carbonyl (C=O) groups is 2. The van der Waals surface area contributed by atoms with Crippen LogP contribution in [0.3, 0.4) is 0 Å². The number of thioether (sulfide) groups is 1. The lowest BCUT2D eigenvalue weighted by Gasteiger charge is -2.18. The van der Waals surface area contributed by atoms with Crippen molar-refractivity contribution in [3.63, 3.8) is 0 Å². The highest BCUT2D eigenvalue weighted by Crippen LogP contribution is 2.29. The van der Waals surface area contributed by atoms with E-state index < -0.39 is 0 Å². The largest absolute Gasteiger partial charge is 0.482 e. The molecule has 0 spiro atoms. The van der Waals surface area contributed by atoms with E-state index in [9.17, 15) is 9.59 Å². The summed E-state index contributed by atoms with van der Waals surface area (Å²) in [5.74, 6) is 0.534. The van der Waals surface area contributed by atoms with Crippen LogP contribution in [-0.2, 0) is 4.79 Å². The molecule has 1 aromatic heterocycles. The van der Waals surface area contributed by atoms with Crippen LogP contribution in [-0.4, -0.2) is 34.0 Å². The number of benzene rings is 2. The number of rotatable bonds is 5. The Hall–Kier alpha value is -2.58. The average Bonchev–Trinajstić information content (AvgIpc) is 3.15. The molecule has 27 heavy (non-hydrogen) atoms. The number of ketones is 1. The van der Waals surface area contributed by atoms with Gasteiger partial charge in [0.05, 0.1) is 23.3 Å². The maximum absolute atomic E-state index is 12.5. The number of Topliss-reactive ketones (excluding diaryl/α,β-unsaturated/α-hetero) is 1. The van der Waals surface area contributed by atoms with E-state index in [1.807, 2.05) is 24.3 Å². The standard InChI is InChI=1S/C19H14BrN3O3S/c20-13-4-1-11(2-5-13)15-8-21-19(23-15)27-10-16(24)12-3-6-17-14(7-12)22-18(25)9-26-17/h1-8H,9-10H2,(H,21,23)(H,22,25). The number of aromatic nitrogens is 2. The Morgan fingerprint density at radius 1 is 1.22 bits per heavy atom. The van der Waals surface area contributed by atoms with Gasteiger partial charge in [-0.05, 0) is 35.9 Å². The van der Waals surface area contributed by atoms with Crippen molar-refractivity contribution in [3.8, 4) is 17.0 Å². The van der Waals surface area contributed by atoms with Crippen molar-refractivity contribution in [1.29, 1.82) is 0 Å². The van der Waals surface area contributed by atoms with Crippen LogP contribution in [0.2, 0.25) is 0 Å². The number of fused-ring (bicyclic) bond motifs is 1. The highest BCUT2D eigenvalue weighted by Gasteiger charge is 2.18. The number of nitrogens with zero attached hydrogens (tertiary/aromatic N) is 1. The predicted molar refractivity (Wildman–Crippen MR) is 107 cm³/mol. The third kappa shape index (κ3) is 4.06. The van der Waals surface area contributed by atoms with Gasteiger partial charge in [0.25, 0.3) is 5.91 Å². The second-order valence-electron chi connectivity index (χ2n) is 5.87. The van der Waals surface area contributed by atoms with Gasteiger partial charge in [-0.15, -0.1) is 0 Å². The molecule has 1 aliphatic heterocycles. The number of H-pyrrole nitrogens is 1. The van der Waals surface area contributed by atoms with Crippen LogP contribution in [0.5, 0.6) is 5.75 Å². The third-order valence-corrected chi connectivity index (χ3v) is 5.40. The van der Waals surface area contributed by atoms with Gasteiger partial charge in [0, 0.05) is 10.0 Å². The number of ether oxygens (including phenoxy) is 1. The molecule has 8 heteroatoms. The Morgan fingerprint density at radius 3 is 2.85 bits per heavy atom. The first-order chi connectivity index (χ1) is 13.1. The maximum atomic E-state index is 12.5. The smallest absolute Gasteiger partial charge is 0.262 e. The number of hydrogen-bond acceptors (Lipinski definition) is 5. The Morgan fingerprint density at radius 2 is 2.04 bits per heavy atom.